The lowest BCUT2D eigenvalue weighted by molar-refractivity contribution is -0.130. The molecule has 6 nitrogen and oxygen atoms in total. The van der Waals surface area contributed by atoms with E-state index in [9.17, 15) is 9.59 Å². The molecule has 1 aliphatic heterocycles. The summed E-state index contributed by atoms with van der Waals surface area (Å²) in [6.45, 7) is 3.55. The minimum absolute atomic E-state index is 0.184. The van der Waals surface area contributed by atoms with Crippen LogP contribution >= 0.6 is 0 Å². The predicted molar refractivity (Wildman–Crippen MR) is 66.9 cm³/mol. The zero-order valence-corrected chi connectivity index (χ0v) is 10.7. The first-order valence-corrected chi connectivity index (χ1v) is 5.72. The smallest absolute Gasteiger partial charge is 0.325 e. The predicted octanol–water partition coefficient (Wildman–Crippen LogP) is 0.954. The zero-order valence-electron chi connectivity index (χ0n) is 10.7. The summed E-state index contributed by atoms with van der Waals surface area (Å²) >= 11 is 0. The molecular formula is C12H16N4O2. The largest absolute Gasteiger partial charge is 0.373 e. The number of rotatable bonds is 3. The Kier molecular flexibility index (Phi) is 2.94. The van der Waals surface area contributed by atoms with E-state index in [-0.39, 0.29) is 18.5 Å². The highest BCUT2D eigenvalue weighted by molar-refractivity contribution is 6.06. The summed E-state index contributed by atoms with van der Waals surface area (Å²) in [4.78, 5) is 29.2. The van der Waals surface area contributed by atoms with Crippen LogP contribution < -0.4 is 10.6 Å². The fourth-order valence-corrected chi connectivity index (χ4v) is 1.83. The van der Waals surface area contributed by atoms with Gasteiger partial charge < -0.3 is 10.6 Å². The van der Waals surface area contributed by atoms with E-state index in [4.69, 9.17) is 0 Å². The highest BCUT2D eigenvalue weighted by atomic mass is 16.2. The number of urea groups is 1. The van der Waals surface area contributed by atoms with Gasteiger partial charge in [-0.2, -0.15) is 0 Å². The van der Waals surface area contributed by atoms with Crippen molar-refractivity contribution in [2.45, 2.75) is 25.9 Å². The highest BCUT2D eigenvalue weighted by Gasteiger charge is 2.44. The third kappa shape index (κ3) is 2.13. The molecule has 0 radical (unpaired) electrons. The summed E-state index contributed by atoms with van der Waals surface area (Å²) < 4.78 is 0. The van der Waals surface area contributed by atoms with Crippen LogP contribution in [0, 0.1) is 0 Å². The van der Waals surface area contributed by atoms with E-state index >= 15 is 0 Å². The molecule has 1 aromatic rings. The summed E-state index contributed by atoms with van der Waals surface area (Å²) in [5.74, 6) is 0.475. The van der Waals surface area contributed by atoms with Crippen LogP contribution in [0.3, 0.4) is 0 Å². The lowest BCUT2D eigenvalue weighted by Crippen LogP contribution is -2.40. The van der Waals surface area contributed by atoms with Crippen molar-refractivity contribution in [1.29, 1.82) is 0 Å². The van der Waals surface area contributed by atoms with Gasteiger partial charge in [0, 0.05) is 7.05 Å². The van der Waals surface area contributed by atoms with E-state index < -0.39 is 5.54 Å². The molecule has 96 valence electrons. The number of anilines is 1. The minimum Gasteiger partial charge on any atom is -0.373 e. The van der Waals surface area contributed by atoms with Gasteiger partial charge in [-0.1, -0.05) is 6.07 Å². The lowest BCUT2D eigenvalue weighted by Gasteiger charge is -2.15. The van der Waals surface area contributed by atoms with Crippen molar-refractivity contribution in [3.8, 4) is 0 Å². The number of carbonyl (C=O) groups is 2. The van der Waals surface area contributed by atoms with Gasteiger partial charge in [-0.25, -0.2) is 9.78 Å². The molecule has 1 aliphatic rings. The molecule has 2 rings (SSSR count). The van der Waals surface area contributed by atoms with Gasteiger partial charge in [0.15, 0.2) is 0 Å². The molecule has 0 atom stereocenters. The van der Waals surface area contributed by atoms with Crippen LogP contribution in [0.2, 0.25) is 0 Å². The quantitative estimate of drug-likeness (QED) is 0.781. The third-order valence-corrected chi connectivity index (χ3v) is 2.83. The van der Waals surface area contributed by atoms with Crippen LogP contribution in [0.1, 0.15) is 19.5 Å². The van der Waals surface area contributed by atoms with E-state index in [2.05, 4.69) is 15.6 Å². The molecule has 2 heterocycles. The van der Waals surface area contributed by atoms with Crippen molar-refractivity contribution in [2.75, 3.05) is 12.4 Å². The number of carbonyl (C=O) groups excluding carboxylic acids is 2. The van der Waals surface area contributed by atoms with Crippen LogP contribution in [0.15, 0.2) is 18.2 Å². The Morgan fingerprint density at radius 2 is 2.11 bits per heavy atom. The number of amides is 3. The SMILES string of the molecule is CNc1cccc(CN2C(=O)NC(C)(C)C2=O)n1. The van der Waals surface area contributed by atoms with Crippen molar-refractivity contribution >= 4 is 17.8 Å². The van der Waals surface area contributed by atoms with Gasteiger partial charge in [0.05, 0.1) is 12.2 Å². The van der Waals surface area contributed by atoms with E-state index in [1.165, 1.54) is 4.90 Å². The monoisotopic (exact) mass is 248 g/mol. The minimum atomic E-state index is -0.836. The summed E-state index contributed by atoms with van der Waals surface area (Å²) in [5, 5.41) is 5.55. The topological polar surface area (TPSA) is 74.3 Å². The summed E-state index contributed by atoms with van der Waals surface area (Å²) in [5.41, 5.74) is -0.166. The van der Waals surface area contributed by atoms with Crippen LogP contribution in [-0.4, -0.2) is 34.4 Å². The Labute approximate surface area is 105 Å². The number of aromatic nitrogens is 1. The fraction of sp³-hybridized carbons (Fsp3) is 0.417. The van der Waals surface area contributed by atoms with Gasteiger partial charge in [0.25, 0.3) is 5.91 Å². The number of nitrogens with one attached hydrogen (secondary N) is 2. The average Bonchev–Trinajstić information content (AvgIpc) is 2.52. The molecule has 18 heavy (non-hydrogen) atoms. The zero-order chi connectivity index (χ0) is 13.3. The van der Waals surface area contributed by atoms with Crippen LogP contribution in [0.25, 0.3) is 0 Å². The molecule has 0 saturated carbocycles. The molecule has 0 aromatic carbocycles. The lowest BCUT2D eigenvalue weighted by atomic mass is 10.1. The van der Waals surface area contributed by atoms with Crippen molar-refractivity contribution in [3.63, 3.8) is 0 Å². The molecule has 1 saturated heterocycles. The number of nitrogens with zero attached hydrogens (tertiary/aromatic N) is 2. The maximum absolute atomic E-state index is 12.0. The third-order valence-electron chi connectivity index (χ3n) is 2.83. The van der Waals surface area contributed by atoms with Gasteiger partial charge >= 0.3 is 6.03 Å². The number of imide groups is 1. The van der Waals surface area contributed by atoms with Crippen molar-refractivity contribution < 1.29 is 9.59 Å². The molecule has 1 aromatic heterocycles. The number of hydrogen-bond donors (Lipinski definition) is 2. The molecule has 0 unspecified atom stereocenters. The highest BCUT2D eigenvalue weighted by Crippen LogP contribution is 2.19. The summed E-state index contributed by atoms with van der Waals surface area (Å²) in [6, 6.07) is 5.06. The Bertz CT molecular complexity index is 499. The molecule has 0 bridgehead atoms. The molecule has 2 N–H and O–H groups in total. The first-order valence-electron chi connectivity index (χ1n) is 5.72. The van der Waals surface area contributed by atoms with Crippen molar-refractivity contribution in [2.24, 2.45) is 0 Å². The van der Waals surface area contributed by atoms with Crippen LogP contribution in [-0.2, 0) is 11.3 Å². The van der Waals surface area contributed by atoms with E-state index in [1.807, 2.05) is 12.1 Å². The Morgan fingerprint density at radius 3 is 2.67 bits per heavy atom. The van der Waals surface area contributed by atoms with Crippen LogP contribution in [0.5, 0.6) is 0 Å². The molecule has 6 heteroatoms. The maximum Gasteiger partial charge on any atom is 0.325 e. The number of pyridine rings is 1. The van der Waals surface area contributed by atoms with Gasteiger partial charge in [-0.15, -0.1) is 0 Å². The van der Waals surface area contributed by atoms with Crippen LogP contribution in [0.4, 0.5) is 10.6 Å². The maximum atomic E-state index is 12.0. The average molecular weight is 248 g/mol. The van der Waals surface area contributed by atoms with Gasteiger partial charge in [0.1, 0.15) is 11.4 Å². The summed E-state index contributed by atoms with van der Waals surface area (Å²) in [7, 11) is 1.77. The van der Waals surface area contributed by atoms with Crippen molar-refractivity contribution in [1.82, 2.24) is 15.2 Å². The Morgan fingerprint density at radius 1 is 1.39 bits per heavy atom. The standard InChI is InChI=1S/C12H16N4O2/c1-12(2)10(17)16(11(18)15-12)7-8-5-4-6-9(13-3)14-8/h4-6H,7H2,1-3H3,(H,13,14)(H,15,18). The second-order valence-electron chi connectivity index (χ2n) is 4.71. The first kappa shape index (κ1) is 12.3. The van der Waals surface area contributed by atoms with Gasteiger partial charge in [-0.3, -0.25) is 9.69 Å². The second-order valence-corrected chi connectivity index (χ2v) is 4.71. The van der Waals surface area contributed by atoms with Gasteiger partial charge in [0.2, 0.25) is 0 Å². The normalized spacial score (nSPS) is 17.8. The molecular weight excluding hydrogens is 232 g/mol. The second kappa shape index (κ2) is 4.29. The Hall–Kier alpha value is -2.11. The summed E-state index contributed by atoms with van der Waals surface area (Å²) in [6.07, 6.45) is 0. The molecule has 0 spiro atoms. The Balaban J connectivity index is 2.19. The number of hydrogen-bond acceptors (Lipinski definition) is 4. The van der Waals surface area contributed by atoms with E-state index in [1.54, 1.807) is 27.0 Å². The first-order chi connectivity index (χ1) is 8.44. The molecule has 3 amide bonds. The van der Waals surface area contributed by atoms with Gasteiger partial charge in [-0.05, 0) is 26.0 Å². The molecule has 0 aliphatic carbocycles. The van der Waals surface area contributed by atoms with E-state index in [0.717, 1.165) is 0 Å². The fourth-order valence-electron chi connectivity index (χ4n) is 1.83. The van der Waals surface area contributed by atoms with Crippen molar-refractivity contribution in [3.05, 3.63) is 23.9 Å². The van der Waals surface area contributed by atoms with E-state index in [0.29, 0.717) is 11.5 Å². The molecule has 1 fully saturated rings.